The molecule has 1 saturated carbocycles. The van der Waals surface area contributed by atoms with Gasteiger partial charge in [-0.3, -0.25) is 9.69 Å². The summed E-state index contributed by atoms with van der Waals surface area (Å²) >= 11 is 0. The van der Waals surface area contributed by atoms with Crippen LogP contribution in [0.2, 0.25) is 0 Å². The summed E-state index contributed by atoms with van der Waals surface area (Å²) in [5.74, 6) is -0.498. The van der Waals surface area contributed by atoms with Gasteiger partial charge in [-0.25, -0.2) is 8.42 Å². The molecule has 2 rings (SSSR count). The van der Waals surface area contributed by atoms with Gasteiger partial charge in [0, 0.05) is 26.1 Å². The molecular formula is C15H26NO6S-. The van der Waals surface area contributed by atoms with Crippen molar-refractivity contribution >= 4 is 16.1 Å². The number of hydrogen-bond acceptors (Lipinski definition) is 7. The molecule has 0 aromatic carbocycles. The lowest BCUT2D eigenvalue weighted by atomic mass is 10.0. The van der Waals surface area contributed by atoms with Crippen molar-refractivity contribution < 1.29 is 27.2 Å². The number of hydrogen-bond donors (Lipinski definition) is 0. The van der Waals surface area contributed by atoms with E-state index in [0.717, 1.165) is 19.3 Å². The molecule has 2 aliphatic rings. The molecule has 0 amide bonds. The SMILES string of the molecule is O=C(CCC1CCCC1)OC(CN1CCOCC1)CS(=O)(=O)[O-]. The van der Waals surface area contributed by atoms with Crippen LogP contribution in [0.1, 0.15) is 38.5 Å². The van der Waals surface area contributed by atoms with Crippen LogP contribution in [0.15, 0.2) is 0 Å². The van der Waals surface area contributed by atoms with Crippen LogP contribution >= 0.6 is 0 Å². The molecule has 1 atom stereocenters. The molecule has 2 fully saturated rings. The number of carbonyl (C=O) groups is 1. The monoisotopic (exact) mass is 348 g/mol. The Balaban J connectivity index is 1.80. The maximum Gasteiger partial charge on any atom is 0.306 e. The van der Waals surface area contributed by atoms with E-state index in [4.69, 9.17) is 9.47 Å². The zero-order valence-corrected chi connectivity index (χ0v) is 14.3. The van der Waals surface area contributed by atoms with Crippen LogP contribution in [-0.2, 0) is 24.4 Å². The second kappa shape index (κ2) is 8.96. The average molecular weight is 348 g/mol. The van der Waals surface area contributed by atoms with Gasteiger partial charge in [0.2, 0.25) is 0 Å². The highest BCUT2D eigenvalue weighted by Gasteiger charge is 2.23. The van der Waals surface area contributed by atoms with Crippen LogP contribution in [0.4, 0.5) is 0 Å². The Morgan fingerprint density at radius 3 is 2.52 bits per heavy atom. The highest BCUT2D eigenvalue weighted by Crippen LogP contribution is 2.28. The summed E-state index contributed by atoms with van der Waals surface area (Å²) in [5.41, 5.74) is 0. The largest absolute Gasteiger partial charge is 0.748 e. The van der Waals surface area contributed by atoms with Gasteiger partial charge in [-0.1, -0.05) is 25.7 Å². The zero-order chi connectivity index (χ0) is 16.7. The highest BCUT2D eigenvalue weighted by atomic mass is 32.2. The molecule has 23 heavy (non-hydrogen) atoms. The molecule has 0 radical (unpaired) electrons. The molecule has 1 aliphatic heterocycles. The van der Waals surface area contributed by atoms with Crippen molar-refractivity contribution in [2.75, 3.05) is 38.6 Å². The summed E-state index contributed by atoms with van der Waals surface area (Å²) < 4.78 is 43.6. The van der Waals surface area contributed by atoms with Gasteiger partial charge < -0.3 is 14.0 Å². The van der Waals surface area contributed by atoms with Crippen LogP contribution in [0.3, 0.4) is 0 Å². The maximum absolute atomic E-state index is 12.0. The number of nitrogens with zero attached hydrogens (tertiary/aromatic N) is 1. The van der Waals surface area contributed by atoms with Crippen molar-refractivity contribution in [1.82, 2.24) is 4.90 Å². The van der Waals surface area contributed by atoms with Crippen LogP contribution in [0.25, 0.3) is 0 Å². The fraction of sp³-hybridized carbons (Fsp3) is 0.933. The molecule has 1 heterocycles. The minimum absolute atomic E-state index is 0.264. The molecule has 0 spiro atoms. The molecule has 1 saturated heterocycles. The first-order chi connectivity index (χ1) is 10.9. The van der Waals surface area contributed by atoms with E-state index in [1.54, 1.807) is 0 Å². The van der Waals surface area contributed by atoms with Crippen LogP contribution < -0.4 is 0 Å². The molecule has 1 unspecified atom stereocenters. The lowest BCUT2D eigenvalue weighted by Gasteiger charge is -2.30. The van der Waals surface area contributed by atoms with Gasteiger partial charge in [-0.2, -0.15) is 0 Å². The lowest BCUT2D eigenvalue weighted by molar-refractivity contribution is -0.149. The molecule has 0 N–H and O–H groups in total. The minimum Gasteiger partial charge on any atom is -0.748 e. The highest BCUT2D eigenvalue weighted by molar-refractivity contribution is 7.85. The standard InChI is InChI=1S/C15H27NO6S/c17-15(6-5-13-3-1-2-4-13)22-14(12-23(18,19)20)11-16-7-9-21-10-8-16/h13-14H,1-12H2,(H,18,19,20)/p-1. The summed E-state index contributed by atoms with van der Waals surface area (Å²) in [6.07, 6.45) is 4.92. The van der Waals surface area contributed by atoms with E-state index < -0.39 is 27.9 Å². The van der Waals surface area contributed by atoms with Crippen molar-refractivity contribution in [3.8, 4) is 0 Å². The van der Waals surface area contributed by atoms with Gasteiger partial charge in [-0.05, 0) is 12.3 Å². The number of esters is 1. The Labute approximate surface area is 138 Å². The fourth-order valence-electron chi connectivity index (χ4n) is 3.29. The summed E-state index contributed by atoms with van der Waals surface area (Å²) in [5, 5.41) is 0. The second-order valence-electron chi connectivity index (χ2n) is 6.44. The number of ether oxygens (including phenoxy) is 2. The average Bonchev–Trinajstić information content (AvgIpc) is 2.97. The first-order valence-electron chi connectivity index (χ1n) is 8.35. The molecule has 7 nitrogen and oxygen atoms in total. The summed E-state index contributed by atoms with van der Waals surface area (Å²) in [4.78, 5) is 13.9. The third-order valence-electron chi connectivity index (χ3n) is 4.49. The quantitative estimate of drug-likeness (QED) is 0.471. The Hall–Kier alpha value is -0.700. The van der Waals surface area contributed by atoms with Crippen molar-refractivity contribution in [2.24, 2.45) is 5.92 Å². The first-order valence-corrected chi connectivity index (χ1v) is 9.93. The maximum atomic E-state index is 12.0. The number of rotatable bonds is 8. The second-order valence-corrected chi connectivity index (χ2v) is 7.89. The fourth-order valence-corrected chi connectivity index (χ4v) is 3.92. The number of carbonyl (C=O) groups excluding carboxylic acids is 1. The van der Waals surface area contributed by atoms with Crippen LogP contribution in [0, 0.1) is 5.92 Å². The normalized spacial score (nSPS) is 22.1. The summed E-state index contributed by atoms with van der Waals surface area (Å²) in [6.45, 7) is 2.68. The van der Waals surface area contributed by atoms with Gasteiger partial charge in [0.25, 0.3) is 0 Å². The lowest BCUT2D eigenvalue weighted by Crippen LogP contribution is -2.44. The molecule has 8 heteroatoms. The third kappa shape index (κ3) is 7.60. The van der Waals surface area contributed by atoms with Crippen molar-refractivity contribution in [3.05, 3.63) is 0 Å². The third-order valence-corrected chi connectivity index (χ3v) is 5.27. The predicted octanol–water partition coefficient (Wildman–Crippen LogP) is 0.746. The molecule has 0 bridgehead atoms. The summed E-state index contributed by atoms with van der Waals surface area (Å²) in [7, 11) is -4.44. The summed E-state index contributed by atoms with van der Waals surface area (Å²) in [6, 6.07) is 0. The van der Waals surface area contributed by atoms with Gasteiger partial charge in [0.15, 0.2) is 0 Å². The van der Waals surface area contributed by atoms with E-state index in [-0.39, 0.29) is 6.54 Å². The van der Waals surface area contributed by atoms with Crippen molar-refractivity contribution in [2.45, 2.75) is 44.6 Å². The Morgan fingerprint density at radius 1 is 1.26 bits per heavy atom. The predicted molar refractivity (Wildman–Crippen MR) is 82.9 cm³/mol. The van der Waals surface area contributed by atoms with Gasteiger partial charge >= 0.3 is 5.97 Å². The van der Waals surface area contributed by atoms with E-state index in [1.807, 2.05) is 4.90 Å². The Kier molecular flexibility index (Phi) is 7.26. The van der Waals surface area contributed by atoms with Crippen LogP contribution in [-0.4, -0.2) is 68.5 Å². The number of morpholine rings is 1. The van der Waals surface area contributed by atoms with Gasteiger partial charge in [0.1, 0.15) is 6.10 Å². The Bertz CT molecular complexity index is 468. The zero-order valence-electron chi connectivity index (χ0n) is 13.4. The first kappa shape index (κ1) is 18.6. The molecule has 134 valence electrons. The smallest absolute Gasteiger partial charge is 0.306 e. The molecule has 1 aliphatic carbocycles. The molecule has 0 aromatic heterocycles. The van der Waals surface area contributed by atoms with Crippen LogP contribution in [0.5, 0.6) is 0 Å². The van der Waals surface area contributed by atoms with E-state index in [9.17, 15) is 17.8 Å². The van der Waals surface area contributed by atoms with Gasteiger partial charge in [-0.15, -0.1) is 0 Å². The molecule has 0 aromatic rings. The van der Waals surface area contributed by atoms with E-state index >= 15 is 0 Å². The minimum atomic E-state index is -4.44. The van der Waals surface area contributed by atoms with Gasteiger partial charge in [0.05, 0.1) is 29.1 Å². The van der Waals surface area contributed by atoms with E-state index in [1.165, 1.54) is 12.8 Å². The van der Waals surface area contributed by atoms with Crippen molar-refractivity contribution in [3.63, 3.8) is 0 Å². The molecular weight excluding hydrogens is 322 g/mol. The Morgan fingerprint density at radius 2 is 1.91 bits per heavy atom. The van der Waals surface area contributed by atoms with E-state index in [0.29, 0.717) is 38.6 Å². The van der Waals surface area contributed by atoms with Crippen molar-refractivity contribution in [1.29, 1.82) is 0 Å². The van der Waals surface area contributed by atoms with E-state index in [2.05, 4.69) is 0 Å². The topological polar surface area (TPSA) is 96.0 Å².